The number of aromatic amines is 1. The number of hydrogen-bond donors (Lipinski definition) is 2. The summed E-state index contributed by atoms with van der Waals surface area (Å²) in [5.41, 5.74) is 4.64. The zero-order valence-electron chi connectivity index (χ0n) is 14.6. The van der Waals surface area contributed by atoms with E-state index in [4.69, 9.17) is 0 Å². The van der Waals surface area contributed by atoms with Crippen molar-refractivity contribution in [1.82, 2.24) is 20.1 Å². The van der Waals surface area contributed by atoms with Gasteiger partial charge in [0.2, 0.25) is 0 Å². The molecule has 26 heavy (non-hydrogen) atoms. The third-order valence-electron chi connectivity index (χ3n) is 4.52. The van der Waals surface area contributed by atoms with Crippen LogP contribution in [-0.2, 0) is 6.42 Å². The summed E-state index contributed by atoms with van der Waals surface area (Å²) in [6.45, 7) is 2.47. The zero-order valence-corrected chi connectivity index (χ0v) is 14.6. The van der Waals surface area contributed by atoms with Gasteiger partial charge in [-0.05, 0) is 37.1 Å². The highest BCUT2D eigenvalue weighted by atomic mass is 16.2. The van der Waals surface area contributed by atoms with Gasteiger partial charge in [-0.1, -0.05) is 36.4 Å². The number of nitrogens with one attached hydrogen (secondary N) is 2. The molecular weight excluding hydrogens is 324 g/mol. The Kier molecular flexibility index (Phi) is 4.27. The van der Waals surface area contributed by atoms with Crippen molar-refractivity contribution >= 4 is 16.8 Å². The highest BCUT2D eigenvalue weighted by molar-refractivity contribution is 5.94. The average molecular weight is 344 g/mol. The molecular formula is C21H20N4O. The van der Waals surface area contributed by atoms with Gasteiger partial charge in [0, 0.05) is 29.2 Å². The number of rotatable bonds is 5. The maximum absolute atomic E-state index is 12.7. The van der Waals surface area contributed by atoms with Crippen molar-refractivity contribution in [1.29, 1.82) is 0 Å². The number of carbonyl (C=O) groups excluding carboxylic acids is 1. The number of H-pyrrole nitrogens is 1. The van der Waals surface area contributed by atoms with E-state index in [-0.39, 0.29) is 5.91 Å². The Balaban J connectivity index is 1.48. The fourth-order valence-electron chi connectivity index (χ4n) is 3.20. The Morgan fingerprint density at radius 2 is 1.88 bits per heavy atom. The molecule has 0 atom stereocenters. The van der Waals surface area contributed by atoms with E-state index in [1.165, 1.54) is 10.9 Å². The van der Waals surface area contributed by atoms with Crippen LogP contribution in [0.2, 0.25) is 0 Å². The molecule has 0 bridgehead atoms. The van der Waals surface area contributed by atoms with Crippen LogP contribution in [0.1, 0.15) is 21.6 Å². The summed E-state index contributed by atoms with van der Waals surface area (Å²) in [5, 5.41) is 8.58. The minimum atomic E-state index is -0.108. The van der Waals surface area contributed by atoms with Gasteiger partial charge in [0.25, 0.3) is 5.91 Å². The highest BCUT2D eigenvalue weighted by Crippen LogP contribution is 2.18. The number of fused-ring (bicyclic) bond motifs is 1. The van der Waals surface area contributed by atoms with Crippen molar-refractivity contribution in [3.05, 3.63) is 83.8 Å². The number of aromatic nitrogens is 3. The topological polar surface area (TPSA) is 62.7 Å². The van der Waals surface area contributed by atoms with Crippen molar-refractivity contribution in [3.63, 3.8) is 0 Å². The van der Waals surface area contributed by atoms with Crippen LogP contribution in [0, 0.1) is 6.92 Å². The Morgan fingerprint density at radius 1 is 1.12 bits per heavy atom. The Bertz CT molecular complexity index is 1050. The SMILES string of the molecule is Cc1cnn(-c2ccccc2)c1C(=O)NCCc1c[nH]c2ccccc12. The number of hydrogen-bond acceptors (Lipinski definition) is 2. The first-order chi connectivity index (χ1) is 12.7. The summed E-state index contributed by atoms with van der Waals surface area (Å²) in [6.07, 6.45) is 4.51. The molecule has 5 nitrogen and oxygen atoms in total. The van der Waals surface area contributed by atoms with Crippen LogP contribution in [0.5, 0.6) is 0 Å². The van der Waals surface area contributed by atoms with Gasteiger partial charge >= 0.3 is 0 Å². The van der Waals surface area contributed by atoms with Gasteiger partial charge in [0.1, 0.15) is 5.69 Å². The number of nitrogens with zero attached hydrogens (tertiary/aromatic N) is 2. The molecule has 4 aromatic rings. The van der Waals surface area contributed by atoms with Crippen LogP contribution in [0.4, 0.5) is 0 Å². The molecule has 0 radical (unpaired) electrons. The summed E-state index contributed by atoms with van der Waals surface area (Å²) in [5.74, 6) is -0.108. The highest BCUT2D eigenvalue weighted by Gasteiger charge is 2.17. The molecule has 2 heterocycles. The summed E-state index contributed by atoms with van der Waals surface area (Å²) >= 11 is 0. The predicted molar refractivity (Wildman–Crippen MR) is 103 cm³/mol. The van der Waals surface area contributed by atoms with Gasteiger partial charge in [-0.25, -0.2) is 4.68 Å². The van der Waals surface area contributed by atoms with E-state index < -0.39 is 0 Å². The molecule has 0 saturated carbocycles. The molecule has 0 aliphatic carbocycles. The second kappa shape index (κ2) is 6.88. The first kappa shape index (κ1) is 16.1. The molecule has 0 fully saturated rings. The molecule has 1 amide bonds. The Morgan fingerprint density at radius 3 is 2.73 bits per heavy atom. The van der Waals surface area contributed by atoms with Crippen molar-refractivity contribution in [2.24, 2.45) is 0 Å². The average Bonchev–Trinajstić information content (AvgIpc) is 3.26. The fraction of sp³-hybridized carbons (Fsp3) is 0.143. The molecule has 0 unspecified atom stereocenters. The van der Waals surface area contributed by atoms with E-state index in [0.29, 0.717) is 12.2 Å². The lowest BCUT2D eigenvalue weighted by atomic mass is 10.1. The van der Waals surface area contributed by atoms with E-state index in [2.05, 4.69) is 27.5 Å². The van der Waals surface area contributed by atoms with Crippen LogP contribution in [0.25, 0.3) is 16.6 Å². The lowest BCUT2D eigenvalue weighted by Crippen LogP contribution is -2.28. The number of benzene rings is 2. The molecule has 130 valence electrons. The third kappa shape index (κ3) is 2.99. The molecule has 0 aliphatic rings. The fourth-order valence-corrected chi connectivity index (χ4v) is 3.20. The predicted octanol–water partition coefficient (Wildman–Crippen LogP) is 3.63. The third-order valence-corrected chi connectivity index (χ3v) is 4.52. The number of para-hydroxylation sites is 2. The van der Waals surface area contributed by atoms with Crippen LogP contribution < -0.4 is 5.32 Å². The molecule has 2 aromatic carbocycles. The van der Waals surface area contributed by atoms with Crippen molar-refractivity contribution in [2.45, 2.75) is 13.3 Å². The van der Waals surface area contributed by atoms with Crippen LogP contribution >= 0.6 is 0 Å². The minimum Gasteiger partial charge on any atom is -0.361 e. The van der Waals surface area contributed by atoms with E-state index in [0.717, 1.165) is 23.2 Å². The first-order valence-electron chi connectivity index (χ1n) is 8.67. The second-order valence-electron chi connectivity index (χ2n) is 6.29. The van der Waals surface area contributed by atoms with E-state index in [1.807, 2.05) is 55.6 Å². The van der Waals surface area contributed by atoms with Crippen LogP contribution in [0.15, 0.2) is 67.0 Å². The summed E-state index contributed by atoms with van der Waals surface area (Å²) in [7, 11) is 0. The molecule has 4 rings (SSSR count). The normalized spacial score (nSPS) is 11.0. The lowest BCUT2D eigenvalue weighted by molar-refractivity contribution is 0.0945. The molecule has 0 spiro atoms. The maximum Gasteiger partial charge on any atom is 0.270 e. The second-order valence-corrected chi connectivity index (χ2v) is 6.29. The monoisotopic (exact) mass is 344 g/mol. The molecule has 5 heteroatoms. The quantitative estimate of drug-likeness (QED) is 0.581. The molecule has 2 aromatic heterocycles. The number of amides is 1. The first-order valence-corrected chi connectivity index (χ1v) is 8.67. The minimum absolute atomic E-state index is 0.108. The lowest BCUT2D eigenvalue weighted by Gasteiger charge is -2.09. The largest absolute Gasteiger partial charge is 0.361 e. The Hall–Kier alpha value is -3.34. The van der Waals surface area contributed by atoms with E-state index >= 15 is 0 Å². The van der Waals surface area contributed by atoms with E-state index in [1.54, 1.807) is 10.9 Å². The zero-order chi connectivity index (χ0) is 17.9. The van der Waals surface area contributed by atoms with Gasteiger partial charge in [0.05, 0.1) is 11.9 Å². The Labute approximate surface area is 151 Å². The van der Waals surface area contributed by atoms with Gasteiger partial charge in [-0.2, -0.15) is 5.10 Å². The molecule has 0 saturated heterocycles. The van der Waals surface area contributed by atoms with Crippen molar-refractivity contribution < 1.29 is 4.79 Å². The molecule has 2 N–H and O–H groups in total. The van der Waals surface area contributed by atoms with Crippen LogP contribution in [0.3, 0.4) is 0 Å². The van der Waals surface area contributed by atoms with Crippen molar-refractivity contribution in [2.75, 3.05) is 6.54 Å². The van der Waals surface area contributed by atoms with Gasteiger partial charge in [-0.3, -0.25) is 4.79 Å². The van der Waals surface area contributed by atoms with Gasteiger partial charge in [-0.15, -0.1) is 0 Å². The molecule has 0 aliphatic heterocycles. The standard InChI is InChI=1S/C21H20N4O/c1-15-13-24-25(17-7-3-2-4-8-17)20(15)21(26)22-12-11-16-14-23-19-10-6-5-9-18(16)19/h2-10,13-14,23H,11-12H2,1H3,(H,22,26). The van der Waals surface area contributed by atoms with Crippen LogP contribution in [-0.4, -0.2) is 27.2 Å². The number of carbonyl (C=O) groups is 1. The summed E-state index contributed by atoms with van der Waals surface area (Å²) in [6, 6.07) is 17.9. The van der Waals surface area contributed by atoms with E-state index in [9.17, 15) is 4.79 Å². The van der Waals surface area contributed by atoms with Gasteiger partial charge < -0.3 is 10.3 Å². The summed E-state index contributed by atoms with van der Waals surface area (Å²) < 4.78 is 1.69. The van der Waals surface area contributed by atoms with Crippen molar-refractivity contribution in [3.8, 4) is 5.69 Å². The number of aryl methyl sites for hydroxylation is 1. The van der Waals surface area contributed by atoms with Gasteiger partial charge in [0.15, 0.2) is 0 Å². The maximum atomic E-state index is 12.7. The summed E-state index contributed by atoms with van der Waals surface area (Å²) in [4.78, 5) is 16.0. The smallest absolute Gasteiger partial charge is 0.270 e.